The van der Waals surface area contributed by atoms with Crippen LogP contribution >= 0.6 is 0 Å². The lowest BCUT2D eigenvalue weighted by atomic mass is 9.81. The van der Waals surface area contributed by atoms with E-state index in [1.165, 1.54) is 0 Å². The molecule has 0 aliphatic heterocycles. The van der Waals surface area contributed by atoms with Gasteiger partial charge in [0.05, 0.1) is 5.75 Å². The van der Waals surface area contributed by atoms with Crippen LogP contribution in [0.4, 0.5) is 13.2 Å². The maximum Gasteiger partial charge on any atom is 0.411 e. The number of rotatable bonds is 4. The van der Waals surface area contributed by atoms with Crippen molar-refractivity contribution in [3.05, 3.63) is 0 Å². The quantitative estimate of drug-likeness (QED) is 0.861. The number of amides is 1. The zero-order chi connectivity index (χ0) is 14.7. The summed E-state index contributed by atoms with van der Waals surface area (Å²) in [4.78, 5) is 11.5. The van der Waals surface area contributed by atoms with Crippen molar-refractivity contribution in [1.82, 2.24) is 5.32 Å². The lowest BCUT2D eigenvalue weighted by Gasteiger charge is -2.39. The number of carbonyl (C=O) groups excluding carboxylic acids is 1. The van der Waals surface area contributed by atoms with E-state index in [4.69, 9.17) is 0 Å². The second kappa shape index (κ2) is 5.68. The Labute approximate surface area is 110 Å². The zero-order valence-corrected chi connectivity index (χ0v) is 11.5. The molecular weight excluding hydrogens is 283 g/mol. The maximum atomic E-state index is 13.1. The monoisotopic (exact) mass is 301 g/mol. The van der Waals surface area contributed by atoms with Gasteiger partial charge in [0, 0.05) is 12.7 Å². The average Bonchev–Trinajstić information content (AvgIpc) is 2.25. The van der Waals surface area contributed by atoms with Crippen LogP contribution in [0.25, 0.3) is 0 Å². The van der Waals surface area contributed by atoms with Gasteiger partial charge in [0.2, 0.25) is 5.91 Å². The fraction of sp³-hybridized carbons (Fsp3) is 0.909. The molecule has 1 amide bonds. The molecule has 0 radical (unpaired) electrons. The summed E-state index contributed by atoms with van der Waals surface area (Å²) in [5.41, 5.74) is -2.18. The summed E-state index contributed by atoms with van der Waals surface area (Å²) in [6.07, 6.45) is -2.73. The van der Waals surface area contributed by atoms with E-state index in [2.05, 4.69) is 0 Å². The van der Waals surface area contributed by atoms with E-state index >= 15 is 0 Å². The summed E-state index contributed by atoms with van der Waals surface area (Å²) in [5, 5.41) is 2.02. The van der Waals surface area contributed by atoms with Crippen molar-refractivity contribution >= 4 is 15.7 Å². The Hall–Kier alpha value is -0.790. The number of alkyl halides is 3. The molecule has 4 nitrogen and oxygen atoms in total. The van der Waals surface area contributed by atoms with E-state index < -0.39 is 39.6 Å². The van der Waals surface area contributed by atoms with Crippen molar-refractivity contribution in [3.8, 4) is 0 Å². The summed E-state index contributed by atoms with van der Waals surface area (Å²) >= 11 is 0. The minimum atomic E-state index is -4.51. The molecule has 0 saturated heterocycles. The summed E-state index contributed by atoms with van der Waals surface area (Å²) in [5.74, 6) is -1.29. The molecule has 0 aromatic heterocycles. The Balaban J connectivity index is 2.71. The highest BCUT2D eigenvalue weighted by atomic mass is 32.2. The molecule has 0 heterocycles. The molecule has 0 atom stereocenters. The third kappa shape index (κ3) is 4.67. The fourth-order valence-corrected chi connectivity index (χ4v) is 2.80. The minimum absolute atomic E-state index is 0.138. The van der Waals surface area contributed by atoms with E-state index in [1.807, 2.05) is 5.32 Å². The van der Waals surface area contributed by atoms with E-state index in [1.54, 1.807) is 0 Å². The molecule has 8 heteroatoms. The first kappa shape index (κ1) is 16.3. The minimum Gasteiger partial charge on any atom is -0.342 e. The molecule has 1 aliphatic carbocycles. The maximum absolute atomic E-state index is 13.1. The van der Waals surface area contributed by atoms with E-state index in [-0.39, 0.29) is 12.8 Å². The van der Waals surface area contributed by atoms with Crippen LogP contribution in [0.2, 0.25) is 0 Å². The standard InChI is InChI=1S/C11H18F3NO3S/c1-19(17,18)8-5-9(16)15-10(11(12,13)14)6-3-2-4-7-10/h2-8H2,1H3,(H,15,16). The average molecular weight is 301 g/mol. The van der Waals surface area contributed by atoms with Gasteiger partial charge in [-0.1, -0.05) is 19.3 Å². The van der Waals surface area contributed by atoms with Crippen molar-refractivity contribution in [1.29, 1.82) is 0 Å². The van der Waals surface area contributed by atoms with Crippen LogP contribution in [0, 0.1) is 0 Å². The van der Waals surface area contributed by atoms with Crippen molar-refractivity contribution < 1.29 is 26.4 Å². The van der Waals surface area contributed by atoms with Crippen LogP contribution in [-0.2, 0) is 14.6 Å². The summed E-state index contributed by atoms with van der Waals surface area (Å²) < 4.78 is 61.1. The predicted molar refractivity (Wildman–Crippen MR) is 64.3 cm³/mol. The number of hydrogen-bond acceptors (Lipinski definition) is 3. The van der Waals surface area contributed by atoms with Gasteiger partial charge in [0.1, 0.15) is 15.4 Å². The second-order valence-electron chi connectivity index (χ2n) is 5.07. The van der Waals surface area contributed by atoms with E-state index in [0.717, 1.165) is 12.7 Å². The summed E-state index contributed by atoms with van der Waals surface area (Å²) in [7, 11) is -3.36. The van der Waals surface area contributed by atoms with Crippen LogP contribution in [0.3, 0.4) is 0 Å². The Kier molecular flexibility index (Phi) is 4.86. The summed E-state index contributed by atoms with van der Waals surface area (Å²) in [6, 6.07) is 0. The third-order valence-corrected chi connectivity index (χ3v) is 4.27. The van der Waals surface area contributed by atoms with Gasteiger partial charge in [-0.2, -0.15) is 13.2 Å². The van der Waals surface area contributed by atoms with Gasteiger partial charge in [0.25, 0.3) is 0 Å². The van der Waals surface area contributed by atoms with Crippen LogP contribution in [0.1, 0.15) is 38.5 Å². The highest BCUT2D eigenvalue weighted by molar-refractivity contribution is 7.90. The molecule has 0 unspecified atom stereocenters. The molecule has 0 aromatic rings. The number of carbonyl (C=O) groups is 1. The molecule has 1 aliphatic rings. The number of nitrogens with one attached hydrogen (secondary N) is 1. The van der Waals surface area contributed by atoms with Gasteiger partial charge in [0.15, 0.2) is 0 Å². The molecule has 1 rings (SSSR count). The lowest BCUT2D eigenvalue weighted by Crippen LogP contribution is -2.59. The molecule has 0 bridgehead atoms. The van der Waals surface area contributed by atoms with Gasteiger partial charge in [-0.15, -0.1) is 0 Å². The Morgan fingerprint density at radius 1 is 1.21 bits per heavy atom. The van der Waals surface area contributed by atoms with Crippen LogP contribution in [0.5, 0.6) is 0 Å². The Bertz CT molecular complexity index is 425. The van der Waals surface area contributed by atoms with Crippen LogP contribution < -0.4 is 5.32 Å². The van der Waals surface area contributed by atoms with Crippen molar-refractivity contribution in [2.24, 2.45) is 0 Å². The highest BCUT2D eigenvalue weighted by Crippen LogP contribution is 2.41. The zero-order valence-electron chi connectivity index (χ0n) is 10.7. The largest absolute Gasteiger partial charge is 0.411 e. The third-order valence-electron chi connectivity index (χ3n) is 3.33. The molecule has 1 N–H and O–H groups in total. The van der Waals surface area contributed by atoms with Crippen molar-refractivity contribution in [2.75, 3.05) is 12.0 Å². The molecule has 112 valence electrons. The first-order chi connectivity index (χ1) is 8.56. The summed E-state index contributed by atoms with van der Waals surface area (Å²) in [6.45, 7) is 0. The second-order valence-corrected chi connectivity index (χ2v) is 7.33. The molecule has 1 saturated carbocycles. The Morgan fingerprint density at radius 3 is 2.16 bits per heavy atom. The number of hydrogen-bond donors (Lipinski definition) is 1. The van der Waals surface area contributed by atoms with Crippen LogP contribution in [-0.4, -0.2) is 38.0 Å². The normalized spacial score (nSPS) is 20.0. The molecule has 0 spiro atoms. The molecule has 19 heavy (non-hydrogen) atoms. The van der Waals surface area contributed by atoms with Gasteiger partial charge < -0.3 is 5.32 Å². The molecule has 1 fully saturated rings. The topological polar surface area (TPSA) is 63.2 Å². The van der Waals surface area contributed by atoms with Crippen molar-refractivity contribution in [3.63, 3.8) is 0 Å². The lowest BCUT2D eigenvalue weighted by molar-refractivity contribution is -0.206. The smallest absolute Gasteiger partial charge is 0.342 e. The Morgan fingerprint density at radius 2 is 1.74 bits per heavy atom. The molecule has 0 aromatic carbocycles. The number of halogens is 3. The van der Waals surface area contributed by atoms with Gasteiger partial charge in [-0.25, -0.2) is 8.42 Å². The molecular formula is C11H18F3NO3S. The fourth-order valence-electron chi connectivity index (χ4n) is 2.24. The van der Waals surface area contributed by atoms with Gasteiger partial charge in [-0.3, -0.25) is 4.79 Å². The van der Waals surface area contributed by atoms with E-state index in [0.29, 0.717) is 12.8 Å². The first-order valence-electron chi connectivity index (χ1n) is 6.11. The van der Waals surface area contributed by atoms with Crippen LogP contribution in [0.15, 0.2) is 0 Å². The highest BCUT2D eigenvalue weighted by Gasteiger charge is 2.55. The predicted octanol–water partition coefficient (Wildman–Crippen LogP) is 1.80. The SMILES string of the molecule is CS(=O)(=O)CCC(=O)NC1(C(F)(F)F)CCCCC1. The van der Waals surface area contributed by atoms with Crippen molar-refractivity contribution in [2.45, 2.75) is 50.2 Å². The van der Waals surface area contributed by atoms with E-state index in [9.17, 15) is 26.4 Å². The van der Waals surface area contributed by atoms with Gasteiger partial charge in [-0.05, 0) is 12.8 Å². The number of sulfone groups is 1. The first-order valence-corrected chi connectivity index (χ1v) is 8.17. The van der Waals surface area contributed by atoms with Gasteiger partial charge >= 0.3 is 6.18 Å².